The summed E-state index contributed by atoms with van der Waals surface area (Å²) in [6.45, 7) is 3.11. The van der Waals surface area contributed by atoms with E-state index in [1.54, 1.807) is 30.3 Å². The van der Waals surface area contributed by atoms with Crippen molar-refractivity contribution in [3.8, 4) is 16.9 Å². The number of phosphoric acid groups is 1. The number of anilines is 1. The molecule has 2 atom stereocenters. The quantitative estimate of drug-likeness (QED) is 0.206. The summed E-state index contributed by atoms with van der Waals surface area (Å²) in [5.74, 6) is -0.361. The summed E-state index contributed by atoms with van der Waals surface area (Å²) in [6, 6.07) is 21.4. The van der Waals surface area contributed by atoms with Crippen LogP contribution in [0.5, 0.6) is 5.75 Å². The van der Waals surface area contributed by atoms with Gasteiger partial charge >= 0.3 is 7.82 Å². The molecular formula is C28H34FN2O6P. The van der Waals surface area contributed by atoms with Crippen molar-refractivity contribution in [1.82, 2.24) is 0 Å². The molecular weight excluding hydrogens is 510 g/mol. The van der Waals surface area contributed by atoms with Crippen LogP contribution in [-0.2, 0) is 13.9 Å². The van der Waals surface area contributed by atoms with Gasteiger partial charge in [-0.25, -0.2) is 8.96 Å². The number of benzene rings is 3. The lowest BCUT2D eigenvalue weighted by Gasteiger charge is -2.23. The van der Waals surface area contributed by atoms with Crippen LogP contribution in [0.1, 0.15) is 44.6 Å². The standard InChI is InChI=1S/C28H34FN2O6P/c1-3-4-8-22(21-11-16-25(26(29)17-21)20-9-6-5-7-10-20)18-36-24-14-12-23(13-15-24)31-27(32)28(2,30)19-37-38(33,34)35/h5-7,9-17,22H,3-4,8,18-19,30H2,1-2H3,(H,31,32)(H2,33,34,35)/t22?,28-/m0/s1. The summed E-state index contributed by atoms with van der Waals surface area (Å²) in [5.41, 5.74) is 6.87. The molecule has 204 valence electrons. The number of phosphoric ester groups is 1. The lowest BCUT2D eigenvalue weighted by Crippen LogP contribution is -2.52. The molecule has 8 nitrogen and oxygen atoms in total. The molecule has 3 rings (SSSR count). The molecule has 0 fully saturated rings. The van der Waals surface area contributed by atoms with Gasteiger partial charge in [-0.2, -0.15) is 0 Å². The first-order valence-electron chi connectivity index (χ1n) is 12.4. The molecule has 3 aromatic carbocycles. The zero-order valence-electron chi connectivity index (χ0n) is 21.5. The first-order chi connectivity index (χ1) is 18.0. The van der Waals surface area contributed by atoms with E-state index >= 15 is 0 Å². The maximum atomic E-state index is 15.0. The highest BCUT2D eigenvalue weighted by atomic mass is 31.2. The van der Waals surface area contributed by atoms with Crippen LogP contribution in [0.4, 0.5) is 10.1 Å². The van der Waals surface area contributed by atoms with Gasteiger partial charge in [0.15, 0.2) is 0 Å². The fourth-order valence-electron chi connectivity index (χ4n) is 3.82. The number of carbonyl (C=O) groups is 1. The Morgan fingerprint density at radius 1 is 1.11 bits per heavy atom. The number of nitrogens with one attached hydrogen (secondary N) is 1. The number of carbonyl (C=O) groups excluding carboxylic acids is 1. The summed E-state index contributed by atoms with van der Waals surface area (Å²) in [6.07, 6.45) is 2.83. The van der Waals surface area contributed by atoms with Crippen molar-refractivity contribution in [1.29, 1.82) is 0 Å². The van der Waals surface area contributed by atoms with E-state index in [0.717, 1.165) is 30.4 Å². The number of rotatable bonds is 13. The van der Waals surface area contributed by atoms with Gasteiger partial charge in [-0.1, -0.05) is 62.2 Å². The fourth-order valence-corrected chi connectivity index (χ4v) is 4.26. The average molecular weight is 545 g/mol. The van der Waals surface area contributed by atoms with Gasteiger partial charge in [0.25, 0.3) is 0 Å². The van der Waals surface area contributed by atoms with Gasteiger partial charge in [0.05, 0.1) is 13.2 Å². The minimum Gasteiger partial charge on any atom is -0.493 e. The minimum absolute atomic E-state index is 0.000578. The number of hydrogen-bond acceptors (Lipinski definition) is 5. The molecule has 0 aliphatic heterocycles. The van der Waals surface area contributed by atoms with E-state index in [0.29, 0.717) is 23.6 Å². The van der Waals surface area contributed by atoms with Gasteiger partial charge in [0.1, 0.15) is 17.1 Å². The van der Waals surface area contributed by atoms with Crippen molar-refractivity contribution in [2.45, 2.75) is 44.6 Å². The highest BCUT2D eigenvalue weighted by Gasteiger charge is 2.32. The first-order valence-corrected chi connectivity index (χ1v) is 13.9. The summed E-state index contributed by atoms with van der Waals surface area (Å²) < 4.78 is 36.3. The van der Waals surface area contributed by atoms with Crippen molar-refractivity contribution >= 4 is 19.4 Å². The molecule has 0 aliphatic carbocycles. The molecule has 5 N–H and O–H groups in total. The molecule has 10 heteroatoms. The normalized spacial score (nSPS) is 13.9. The van der Waals surface area contributed by atoms with Crippen LogP contribution < -0.4 is 15.8 Å². The molecule has 38 heavy (non-hydrogen) atoms. The van der Waals surface area contributed by atoms with Crippen molar-refractivity contribution in [3.63, 3.8) is 0 Å². The fraction of sp³-hybridized carbons (Fsp3) is 0.321. The Labute approximate surface area is 222 Å². The second-order valence-corrected chi connectivity index (χ2v) is 10.7. The molecule has 0 saturated heterocycles. The van der Waals surface area contributed by atoms with Crippen molar-refractivity contribution < 1.29 is 32.8 Å². The number of nitrogens with two attached hydrogens (primary N) is 1. The van der Waals surface area contributed by atoms with Crippen LogP contribution >= 0.6 is 7.82 Å². The first kappa shape index (κ1) is 29.5. The molecule has 0 spiro atoms. The molecule has 0 saturated carbocycles. The van der Waals surface area contributed by atoms with E-state index in [9.17, 15) is 13.8 Å². The topological polar surface area (TPSA) is 131 Å². The Morgan fingerprint density at radius 3 is 2.39 bits per heavy atom. The Bertz CT molecular complexity index is 1250. The Balaban J connectivity index is 1.63. The maximum absolute atomic E-state index is 15.0. The molecule has 0 bridgehead atoms. The van der Waals surface area contributed by atoms with Gasteiger partial charge in [0, 0.05) is 17.2 Å². The SMILES string of the molecule is CCCCC(COc1ccc(NC(=O)[C@@](C)(N)COP(=O)(O)O)cc1)c1ccc(-c2ccccc2)c(F)c1. The van der Waals surface area contributed by atoms with E-state index in [1.165, 1.54) is 6.92 Å². The third-order valence-electron chi connectivity index (χ3n) is 6.07. The van der Waals surface area contributed by atoms with Crippen molar-refractivity contribution in [3.05, 3.63) is 84.2 Å². The molecule has 0 radical (unpaired) electrons. The molecule has 1 unspecified atom stereocenters. The van der Waals surface area contributed by atoms with E-state index in [-0.39, 0.29) is 11.7 Å². The monoisotopic (exact) mass is 544 g/mol. The second kappa shape index (κ2) is 13.1. The Hall–Kier alpha value is -3.07. The summed E-state index contributed by atoms with van der Waals surface area (Å²) in [4.78, 5) is 30.1. The average Bonchev–Trinajstić information content (AvgIpc) is 2.88. The van der Waals surface area contributed by atoms with E-state index in [1.807, 2.05) is 42.5 Å². The van der Waals surface area contributed by atoms with E-state index < -0.39 is 25.9 Å². The predicted molar refractivity (Wildman–Crippen MR) is 145 cm³/mol. The van der Waals surface area contributed by atoms with Gasteiger partial charge in [-0.05, 0) is 54.8 Å². The van der Waals surface area contributed by atoms with E-state index in [4.69, 9.17) is 20.3 Å². The molecule has 3 aromatic rings. The highest BCUT2D eigenvalue weighted by Crippen LogP contribution is 2.36. The molecule has 1 amide bonds. The van der Waals surface area contributed by atoms with Crippen LogP contribution in [0.15, 0.2) is 72.8 Å². The Morgan fingerprint density at radius 2 is 1.79 bits per heavy atom. The zero-order valence-corrected chi connectivity index (χ0v) is 22.4. The summed E-state index contributed by atoms with van der Waals surface area (Å²) >= 11 is 0. The molecule has 0 heterocycles. The largest absolute Gasteiger partial charge is 0.493 e. The van der Waals surface area contributed by atoms with Crippen LogP contribution in [0, 0.1) is 5.82 Å². The predicted octanol–water partition coefficient (Wildman–Crippen LogP) is 5.61. The van der Waals surface area contributed by atoms with E-state index in [2.05, 4.69) is 16.8 Å². The van der Waals surface area contributed by atoms with Crippen molar-refractivity contribution in [2.24, 2.45) is 5.73 Å². The van der Waals surface area contributed by atoms with Crippen LogP contribution in [0.3, 0.4) is 0 Å². The lowest BCUT2D eigenvalue weighted by atomic mass is 9.92. The number of ether oxygens (including phenoxy) is 1. The number of unbranched alkanes of at least 4 members (excludes halogenated alkanes) is 1. The number of amides is 1. The third kappa shape index (κ3) is 8.75. The van der Waals surface area contributed by atoms with Crippen LogP contribution in [0.25, 0.3) is 11.1 Å². The van der Waals surface area contributed by atoms with Gasteiger partial charge < -0.3 is 25.6 Å². The van der Waals surface area contributed by atoms with Gasteiger partial charge in [-0.15, -0.1) is 0 Å². The second-order valence-electron chi connectivity index (χ2n) is 9.42. The highest BCUT2D eigenvalue weighted by molar-refractivity contribution is 7.46. The summed E-state index contributed by atoms with van der Waals surface area (Å²) in [5, 5.41) is 2.60. The molecule has 0 aromatic heterocycles. The number of halogens is 1. The van der Waals surface area contributed by atoms with Crippen LogP contribution in [-0.4, -0.2) is 34.4 Å². The lowest BCUT2D eigenvalue weighted by molar-refractivity contribution is -0.121. The van der Waals surface area contributed by atoms with Crippen LogP contribution in [0.2, 0.25) is 0 Å². The third-order valence-corrected chi connectivity index (χ3v) is 6.54. The smallest absolute Gasteiger partial charge is 0.469 e. The van der Waals surface area contributed by atoms with Gasteiger partial charge in [-0.3, -0.25) is 9.32 Å². The van der Waals surface area contributed by atoms with Gasteiger partial charge in [0.2, 0.25) is 5.91 Å². The van der Waals surface area contributed by atoms with Crippen molar-refractivity contribution in [2.75, 3.05) is 18.5 Å². The summed E-state index contributed by atoms with van der Waals surface area (Å²) in [7, 11) is -4.75. The zero-order chi connectivity index (χ0) is 27.8. The minimum atomic E-state index is -4.75. The maximum Gasteiger partial charge on any atom is 0.469 e. The number of hydrogen-bond donors (Lipinski definition) is 4. The molecule has 0 aliphatic rings. The Kier molecular flexibility index (Phi) is 10.2.